The predicted molar refractivity (Wildman–Crippen MR) is 89.9 cm³/mol. The molecule has 1 aliphatic heterocycles. The van der Waals surface area contributed by atoms with Crippen LogP contribution in [0.1, 0.15) is 53.1 Å². The molecule has 0 radical (unpaired) electrons. The van der Waals surface area contributed by atoms with Gasteiger partial charge in [-0.25, -0.2) is 13.5 Å². The van der Waals surface area contributed by atoms with E-state index in [1.54, 1.807) is 30.3 Å². The van der Waals surface area contributed by atoms with Crippen LogP contribution in [0.3, 0.4) is 0 Å². The highest BCUT2D eigenvalue weighted by Gasteiger charge is 2.31. The molecule has 1 fully saturated rings. The van der Waals surface area contributed by atoms with Gasteiger partial charge in [0.2, 0.25) is 0 Å². The van der Waals surface area contributed by atoms with Gasteiger partial charge in [0, 0.05) is 0 Å². The van der Waals surface area contributed by atoms with Gasteiger partial charge < -0.3 is 15.7 Å². The summed E-state index contributed by atoms with van der Waals surface area (Å²) in [6, 6.07) is 7.89. The molecule has 2 aromatic rings. The minimum atomic E-state index is -2.87. The lowest BCUT2D eigenvalue weighted by atomic mass is 10.1. The number of nitrogens with one attached hydrogen (secondary N) is 2. The Bertz CT molecular complexity index is 732. The number of benzene rings is 1. The first kappa shape index (κ1) is 18.4. The second-order valence-corrected chi connectivity index (χ2v) is 6.17. The van der Waals surface area contributed by atoms with Crippen molar-refractivity contribution >= 4 is 5.91 Å². The molecule has 0 aliphatic carbocycles. The molecule has 26 heavy (non-hydrogen) atoms. The maximum Gasteiger partial charge on any atom is 0.282 e. The van der Waals surface area contributed by atoms with Crippen LogP contribution in [0.2, 0.25) is 0 Å². The smallest absolute Gasteiger partial charge is 0.282 e. The molecule has 1 amide bonds. The largest absolute Gasteiger partial charge is 0.394 e. The van der Waals surface area contributed by atoms with Crippen LogP contribution in [-0.2, 0) is 0 Å². The zero-order valence-corrected chi connectivity index (χ0v) is 14.1. The van der Waals surface area contributed by atoms with Crippen molar-refractivity contribution in [3.63, 3.8) is 0 Å². The lowest BCUT2D eigenvalue weighted by Gasteiger charge is -2.24. The number of piperidine rings is 1. The lowest BCUT2D eigenvalue weighted by molar-refractivity contribution is 0.0892. The van der Waals surface area contributed by atoms with Gasteiger partial charge >= 0.3 is 0 Å². The molecule has 1 aromatic carbocycles. The molecule has 1 atom stereocenters. The van der Waals surface area contributed by atoms with E-state index < -0.39 is 29.8 Å². The summed E-state index contributed by atoms with van der Waals surface area (Å²) in [5.74, 6) is -0.775. The van der Waals surface area contributed by atoms with Crippen LogP contribution in [0.5, 0.6) is 0 Å². The molecule has 140 valence electrons. The molecule has 0 saturated carbocycles. The second-order valence-electron chi connectivity index (χ2n) is 6.17. The number of hydrogen-bond donors (Lipinski definition) is 3. The molecular formula is C17H21F2N5O2. The average molecular weight is 365 g/mol. The molecule has 0 spiro atoms. The summed E-state index contributed by atoms with van der Waals surface area (Å²) < 4.78 is 28.4. The Labute approximate surface area is 149 Å². The summed E-state index contributed by atoms with van der Waals surface area (Å²) in [5.41, 5.74) is -0.195. The van der Waals surface area contributed by atoms with Crippen LogP contribution in [0.4, 0.5) is 8.78 Å². The molecule has 1 saturated heterocycles. The normalized spacial score (nSPS) is 16.6. The number of amides is 1. The van der Waals surface area contributed by atoms with Gasteiger partial charge in [-0.05, 0) is 31.5 Å². The highest BCUT2D eigenvalue weighted by Crippen LogP contribution is 2.28. The van der Waals surface area contributed by atoms with Gasteiger partial charge in [0.25, 0.3) is 12.3 Å². The van der Waals surface area contributed by atoms with E-state index >= 15 is 0 Å². The van der Waals surface area contributed by atoms with E-state index in [0.717, 1.165) is 0 Å². The monoisotopic (exact) mass is 365 g/mol. The number of nitrogens with zero attached hydrogens (tertiary/aromatic N) is 3. The zero-order valence-electron chi connectivity index (χ0n) is 14.1. The standard InChI is InChI=1S/C17H21F2N5O2/c18-16(19)15-14(22-23-24(15)12-6-8-20-9-7-12)17(26)21-13(10-25)11-4-2-1-3-5-11/h1-5,12-13,16,20,25H,6-10H2,(H,21,26). The third-order valence-electron chi connectivity index (χ3n) is 4.50. The Hall–Kier alpha value is -2.39. The number of aromatic nitrogens is 3. The lowest BCUT2D eigenvalue weighted by Crippen LogP contribution is -2.33. The fraction of sp³-hybridized carbons (Fsp3) is 0.471. The van der Waals surface area contributed by atoms with Gasteiger partial charge in [-0.1, -0.05) is 35.5 Å². The number of carbonyl (C=O) groups excluding carboxylic acids is 1. The Morgan fingerprint density at radius 2 is 2.00 bits per heavy atom. The molecule has 2 heterocycles. The molecule has 9 heteroatoms. The fourth-order valence-corrected chi connectivity index (χ4v) is 3.13. The van der Waals surface area contributed by atoms with Crippen molar-refractivity contribution in [2.24, 2.45) is 0 Å². The maximum absolute atomic E-state index is 13.6. The van der Waals surface area contributed by atoms with Crippen molar-refractivity contribution in [3.8, 4) is 0 Å². The average Bonchev–Trinajstić information content (AvgIpc) is 3.13. The van der Waals surface area contributed by atoms with Crippen molar-refractivity contribution in [3.05, 3.63) is 47.3 Å². The van der Waals surface area contributed by atoms with Crippen LogP contribution in [0.15, 0.2) is 30.3 Å². The summed E-state index contributed by atoms with van der Waals surface area (Å²) in [4.78, 5) is 12.5. The van der Waals surface area contributed by atoms with Gasteiger partial charge in [-0.2, -0.15) is 0 Å². The first-order valence-electron chi connectivity index (χ1n) is 8.52. The number of halogens is 2. The van der Waals surface area contributed by atoms with Crippen molar-refractivity contribution in [1.29, 1.82) is 0 Å². The first-order chi connectivity index (χ1) is 12.6. The summed E-state index contributed by atoms with van der Waals surface area (Å²) in [5, 5.41) is 22.8. The highest BCUT2D eigenvalue weighted by molar-refractivity contribution is 5.93. The topological polar surface area (TPSA) is 92.1 Å². The van der Waals surface area contributed by atoms with Crippen LogP contribution < -0.4 is 10.6 Å². The molecule has 3 rings (SSSR count). The molecule has 1 unspecified atom stereocenters. The van der Waals surface area contributed by atoms with Crippen LogP contribution >= 0.6 is 0 Å². The molecule has 1 aromatic heterocycles. The SMILES string of the molecule is O=C(NC(CO)c1ccccc1)c1nnn(C2CCNCC2)c1C(F)F. The van der Waals surface area contributed by atoms with Gasteiger partial charge in [-0.15, -0.1) is 5.10 Å². The Kier molecular flexibility index (Phi) is 5.89. The highest BCUT2D eigenvalue weighted by atomic mass is 19.3. The molecule has 0 bridgehead atoms. The van der Waals surface area contributed by atoms with Gasteiger partial charge in [0.1, 0.15) is 5.69 Å². The van der Waals surface area contributed by atoms with Crippen molar-refractivity contribution in [2.75, 3.05) is 19.7 Å². The summed E-state index contributed by atoms with van der Waals surface area (Å²) in [6.45, 7) is 1.05. The summed E-state index contributed by atoms with van der Waals surface area (Å²) in [6.07, 6.45) is -1.58. The van der Waals surface area contributed by atoms with E-state index in [4.69, 9.17) is 0 Å². The van der Waals surface area contributed by atoms with Gasteiger partial charge in [0.05, 0.1) is 18.7 Å². The minimum Gasteiger partial charge on any atom is -0.394 e. The number of aliphatic hydroxyl groups excluding tert-OH is 1. The maximum atomic E-state index is 13.6. The quantitative estimate of drug-likeness (QED) is 0.723. The van der Waals surface area contributed by atoms with E-state index in [0.29, 0.717) is 31.5 Å². The van der Waals surface area contributed by atoms with E-state index in [-0.39, 0.29) is 12.6 Å². The van der Waals surface area contributed by atoms with E-state index in [2.05, 4.69) is 20.9 Å². The van der Waals surface area contributed by atoms with Crippen molar-refractivity contribution in [1.82, 2.24) is 25.6 Å². The molecule has 1 aliphatic rings. The summed E-state index contributed by atoms with van der Waals surface area (Å²) in [7, 11) is 0. The van der Waals surface area contributed by atoms with Crippen LogP contribution in [0, 0.1) is 0 Å². The van der Waals surface area contributed by atoms with Crippen LogP contribution in [0.25, 0.3) is 0 Å². The van der Waals surface area contributed by atoms with Gasteiger partial charge in [-0.3, -0.25) is 4.79 Å². The Morgan fingerprint density at radius 3 is 2.62 bits per heavy atom. The number of hydrogen-bond acceptors (Lipinski definition) is 5. The summed E-state index contributed by atoms with van der Waals surface area (Å²) >= 11 is 0. The Morgan fingerprint density at radius 1 is 1.31 bits per heavy atom. The number of carbonyl (C=O) groups is 1. The molecular weight excluding hydrogens is 344 g/mol. The second kappa shape index (κ2) is 8.33. The molecule has 3 N–H and O–H groups in total. The Balaban J connectivity index is 1.83. The van der Waals surface area contributed by atoms with Gasteiger partial charge in [0.15, 0.2) is 5.69 Å². The fourth-order valence-electron chi connectivity index (χ4n) is 3.13. The number of alkyl halides is 2. The van der Waals surface area contributed by atoms with E-state index in [9.17, 15) is 18.7 Å². The van der Waals surface area contributed by atoms with Crippen molar-refractivity contribution in [2.45, 2.75) is 31.4 Å². The van der Waals surface area contributed by atoms with E-state index in [1.165, 1.54) is 4.68 Å². The van der Waals surface area contributed by atoms with Crippen LogP contribution in [-0.4, -0.2) is 45.7 Å². The number of rotatable bonds is 6. The predicted octanol–water partition coefficient (Wildman–Crippen LogP) is 1.60. The third-order valence-corrected chi connectivity index (χ3v) is 4.50. The zero-order chi connectivity index (χ0) is 18.5. The molecule has 7 nitrogen and oxygen atoms in total. The minimum absolute atomic E-state index is 0.211. The number of aliphatic hydroxyl groups is 1. The first-order valence-corrected chi connectivity index (χ1v) is 8.52. The third kappa shape index (κ3) is 3.88. The van der Waals surface area contributed by atoms with E-state index in [1.807, 2.05) is 0 Å². The van der Waals surface area contributed by atoms with Crippen molar-refractivity contribution < 1.29 is 18.7 Å².